The first-order chi connectivity index (χ1) is 15.5. The van der Waals surface area contributed by atoms with E-state index < -0.39 is 5.92 Å². The number of hydrogen-bond donors (Lipinski definition) is 2. The topological polar surface area (TPSA) is 114 Å². The number of anilines is 3. The highest BCUT2D eigenvalue weighted by Gasteiger charge is 2.35. The van der Waals surface area contributed by atoms with Crippen molar-refractivity contribution in [2.45, 2.75) is 13.0 Å². The second-order valence-corrected chi connectivity index (χ2v) is 8.26. The van der Waals surface area contributed by atoms with Gasteiger partial charge in [0.2, 0.25) is 16.9 Å². The van der Waals surface area contributed by atoms with Gasteiger partial charge in [0.1, 0.15) is 11.6 Å². The molecule has 2 N–H and O–H groups in total. The van der Waals surface area contributed by atoms with Crippen LogP contribution in [0.3, 0.4) is 0 Å². The molecule has 1 atom stereocenters. The molecule has 0 bridgehead atoms. The van der Waals surface area contributed by atoms with Crippen LogP contribution in [0.5, 0.6) is 0 Å². The Bertz CT molecular complexity index is 1120. The number of carbonyl (C=O) groups excluding carboxylic acids is 3. The monoisotopic (exact) mass is 451 g/mol. The van der Waals surface area contributed by atoms with Crippen molar-refractivity contribution in [1.82, 2.24) is 10.2 Å². The fourth-order valence-electron chi connectivity index (χ4n) is 3.35. The number of carbonyl (C=O) groups is 3. The minimum absolute atomic E-state index is 0.0753. The molecule has 3 amide bonds. The maximum absolute atomic E-state index is 12.7. The lowest BCUT2D eigenvalue weighted by molar-refractivity contribution is -0.122. The average molecular weight is 452 g/mol. The van der Waals surface area contributed by atoms with Crippen molar-refractivity contribution in [3.8, 4) is 0 Å². The van der Waals surface area contributed by atoms with Gasteiger partial charge in [0.05, 0.1) is 5.92 Å². The number of benzene rings is 2. The van der Waals surface area contributed by atoms with E-state index in [-0.39, 0.29) is 24.1 Å². The molecule has 0 radical (unpaired) electrons. The number of rotatable bonds is 7. The summed E-state index contributed by atoms with van der Waals surface area (Å²) in [5, 5.41) is 14.4. The van der Waals surface area contributed by atoms with Gasteiger partial charge in [0.25, 0.3) is 5.91 Å². The first-order valence-corrected chi connectivity index (χ1v) is 10.7. The quantitative estimate of drug-likeness (QED) is 0.571. The van der Waals surface area contributed by atoms with Crippen LogP contribution >= 0.6 is 11.3 Å². The number of amides is 3. The molecule has 4 rings (SSSR count). The molecular weight excluding hydrogens is 430 g/mol. The van der Waals surface area contributed by atoms with E-state index in [4.69, 9.17) is 4.74 Å². The van der Waals surface area contributed by atoms with Crippen LogP contribution in [0.2, 0.25) is 0 Å². The summed E-state index contributed by atoms with van der Waals surface area (Å²) in [5.41, 5.74) is 1.75. The summed E-state index contributed by atoms with van der Waals surface area (Å²) in [6.45, 7) is 0.666. The van der Waals surface area contributed by atoms with Crippen LogP contribution in [0.15, 0.2) is 54.6 Å². The highest BCUT2D eigenvalue weighted by molar-refractivity contribution is 7.15. The molecule has 0 saturated carbocycles. The first kappa shape index (κ1) is 21.6. The first-order valence-electron chi connectivity index (χ1n) is 9.92. The molecule has 1 saturated heterocycles. The van der Waals surface area contributed by atoms with Crippen LogP contribution in [0.1, 0.15) is 21.8 Å². The highest BCUT2D eigenvalue weighted by atomic mass is 32.1. The minimum atomic E-state index is -0.440. The normalized spacial score (nSPS) is 15.6. The van der Waals surface area contributed by atoms with E-state index in [2.05, 4.69) is 20.8 Å². The maximum atomic E-state index is 12.7. The predicted molar refractivity (Wildman–Crippen MR) is 121 cm³/mol. The van der Waals surface area contributed by atoms with Crippen LogP contribution in [-0.4, -0.2) is 41.6 Å². The molecule has 3 aromatic rings. The predicted octanol–water partition coefficient (Wildman–Crippen LogP) is 2.93. The van der Waals surface area contributed by atoms with Gasteiger partial charge in [-0.3, -0.25) is 19.7 Å². The molecule has 32 heavy (non-hydrogen) atoms. The Hall–Kier alpha value is -3.63. The lowest BCUT2D eigenvalue weighted by atomic mass is 10.1. The Balaban J connectivity index is 1.33. The molecule has 1 aliphatic heterocycles. The van der Waals surface area contributed by atoms with E-state index in [9.17, 15) is 14.4 Å². The summed E-state index contributed by atoms with van der Waals surface area (Å²) >= 11 is 1.24. The number of methoxy groups -OCH3 is 1. The second kappa shape index (κ2) is 9.67. The molecule has 2 aromatic carbocycles. The summed E-state index contributed by atoms with van der Waals surface area (Å²) < 4.78 is 4.99. The van der Waals surface area contributed by atoms with Crippen LogP contribution in [-0.2, 0) is 20.9 Å². The second-order valence-electron chi connectivity index (χ2n) is 7.20. The molecule has 1 unspecified atom stereocenters. The van der Waals surface area contributed by atoms with Crippen LogP contribution < -0.4 is 15.5 Å². The highest BCUT2D eigenvalue weighted by Crippen LogP contribution is 2.26. The van der Waals surface area contributed by atoms with Crippen molar-refractivity contribution in [3.63, 3.8) is 0 Å². The number of nitrogens with zero attached hydrogens (tertiary/aromatic N) is 3. The summed E-state index contributed by atoms with van der Waals surface area (Å²) in [5.74, 6) is -1.07. The summed E-state index contributed by atoms with van der Waals surface area (Å²) in [4.78, 5) is 39.0. The van der Waals surface area contributed by atoms with Gasteiger partial charge >= 0.3 is 0 Å². The number of hydrogen-bond acceptors (Lipinski definition) is 7. The maximum Gasteiger partial charge on any atom is 0.257 e. The van der Waals surface area contributed by atoms with Crippen LogP contribution in [0.25, 0.3) is 0 Å². The summed E-state index contributed by atoms with van der Waals surface area (Å²) in [6.07, 6.45) is 0.161. The molecule has 2 heterocycles. The molecule has 0 spiro atoms. The Morgan fingerprint density at radius 3 is 2.56 bits per heavy atom. The number of para-hydroxylation sites is 1. The number of aromatic nitrogens is 2. The average Bonchev–Trinajstić information content (AvgIpc) is 3.41. The van der Waals surface area contributed by atoms with Crippen LogP contribution in [0.4, 0.5) is 16.5 Å². The van der Waals surface area contributed by atoms with Gasteiger partial charge in [0, 0.05) is 37.0 Å². The standard InChI is InChI=1S/C22H21N5O4S/c1-31-13-18-25-26-22(32-18)24-20(29)14-7-9-16(10-8-14)23-21(30)15-11-19(28)27(12-15)17-5-3-2-4-6-17/h2-10,15H,11-13H2,1H3,(H,23,30)(H,24,26,29). The van der Waals surface area contributed by atoms with E-state index >= 15 is 0 Å². The lowest BCUT2D eigenvalue weighted by Gasteiger charge is -2.16. The van der Waals surface area contributed by atoms with Crippen molar-refractivity contribution in [2.24, 2.45) is 5.92 Å². The molecular formula is C22H21N5O4S. The van der Waals surface area contributed by atoms with Crippen molar-refractivity contribution in [3.05, 3.63) is 65.2 Å². The van der Waals surface area contributed by atoms with Gasteiger partial charge < -0.3 is 15.0 Å². The van der Waals surface area contributed by atoms with Gasteiger partial charge in [-0.2, -0.15) is 0 Å². The third-order valence-electron chi connectivity index (χ3n) is 4.93. The van der Waals surface area contributed by atoms with E-state index in [1.54, 1.807) is 36.3 Å². The van der Waals surface area contributed by atoms with Gasteiger partial charge in [-0.1, -0.05) is 29.5 Å². The Morgan fingerprint density at radius 1 is 1.09 bits per heavy atom. The van der Waals surface area contributed by atoms with E-state index in [1.807, 2.05) is 30.3 Å². The van der Waals surface area contributed by atoms with Gasteiger partial charge in [-0.25, -0.2) is 0 Å². The van der Waals surface area contributed by atoms with Crippen molar-refractivity contribution in [2.75, 3.05) is 29.2 Å². The molecule has 1 aromatic heterocycles. The zero-order valence-electron chi connectivity index (χ0n) is 17.3. The van der Waals surface area contributed by atoms with Gasteiger partial charge in [0.15, 0.2) is 0 Å². The molecule has 9 nitrogen and oxygen atoms in total. The zero-order valence-corrected chi connectivity index (χ0v) is 18.1. The fraction of sp³-hybridized carbons (Fsp3) is 0.227. The molecule has 10 heteroatoms. The van der Waals surface area contributed by atoms with E-state index in [0.717, 1.165) is 5.69 Å². The van der Waals surface area contributed by atoms with E-state index in [0.29, 0.717) is 34.5 Å². The Kier molecular flexibility index (Phi) is 6.52. The molecule has 164 valence electrons. The Morgan fingerprint density at radius 2 is 1.84 bits per heavy atom. The number of nitrogens with one attached hydrogen (secondary N) is 2. The van der Waals surface area contributed by atoms with Crippen molar-refractivity contribution in [1.29, 1.82) is 0 Å². The number of ether oxygens (including phenoxy) is 1. The van der Waals surface area contributed by atoms with Crippen molar-refractivity contribution >= 4 is 45.6 Å². The van der Waals surface area contributed by atoms with Crippen LogP contribution in [0, 0.1) is 5.92 Å². The van der Waals surface area contributed by atoms with Crippen molar-refractivity contribution < 1.29 is 19.1 Å². The third kappa shape index (κ3) is 4.98. The minimum Gasteiger partial charge on any atom is -0.377 e. The Labute approximate surface area is 188 Å². The molecule has 1 aliphatic rings. The fourth-order valence-corrected chi connectivity index (χ4v) is 4.05. The molecule has 1 fully saturated rings. The largest absolute Gasteiger partial charge is 0.377 e. The van der Waals surface area contributed by atoms with Gasteiger partial charge in [-0.05, 0) is 36.4 Å². The third-order valence-corrected chi connectivity index (χ3v) is 5.75. The SMILES string of the molecule is COCc1nnc(NC(=O)c2ccc(NC(=O)C3CC(=O)N(c4ccccc4)C3)cc2)s1. The van der Waals surface area contributed by atoms with E-state index in [1.165, 1.54) is 11.3 Å². The zero-order chi connectivity index (χ0) is 22.5. The van der Waals surface area contributed by atoms with Gasteiger partial charge in [-0.15, -0.1) is 10.2 Å². The smallest absolute Gasteiger partial charge is 0.257 e. The lowest BCUT2D eigenvalue weighted by Crippen LogP contribution is -2.28. The summed E-state index contributed by atoms with van der Waals surface area (Å²) in [6, 6.07) is 15.8. The molecule has 0 aliphatic carbocycles. The summed E-state index contributed by atoms with van der Waals surface area (Å²) in [7, 11) is 1.56.